The molecule has 3 rings (SSSR count). The molecule has 2 aromatic rings. The minimum Gasteiger partial charge on any atom is -0.493 e. The molecular weight excluding hydrogens is 342 g/mol. The second-order valence-corrected chi connectivity index (χ2v) is 6.74. The van der Waals surface area contributed by atoms with E-state index in [1.165, 1.54) is 5.56 Å². The summed E-state index contributed by atoms with van der Waals surface area (Å²) in [6, 6.07) is 8.45. The molecular formula is C22H27NO4. The van der Waals surface area contributed by atoms with Gasteiger partial charge in [0.2, 0.25) is 11.7 Å². The van der Waals surface area contributed by atoms with E-state index in [0.717, 1.165) is 41.5 Å². The first-order valence-corrected chi connectivity index (χ1v) is 9.26. The van der Waals surface area contributed by atoms with Gasteiger partial charge in [0, 0.05) is 12.5 Å². The van der Waals surface area contributed by atoms with Gasteiger partial charge in [-0.25, -0.2) is 0 Å². The molecule has 27 heavy (non-hydrogen) atoms. The monoisotopic (exact) mass is 369 g/mol. The van der Waals surface area contributed by atoms with Crippen molar-refractivity contribution in [3.63, 3.8) is 0 Å². The van der Waals surface area contributed by atoms with Crippen molar-refractivity contribution in [2.45, 2.75) is 39.2 Å². The predicted molar refractivity (Wildman–Crippen MR) is 106 cm³/mol. The van der Waals surface area contributed by atoms with E-state index in [9.17, 15) is 4.79 Å². The molecule has 0 fully saturated rings. The van der Waals surface area contributed by atoms with Gasteiger partial charge in [0.25, 0.3) is 0 Å². The van der Waals surface area contributed by atoms with Gasteiger partial charge < -0.3 is 19.5 Å². The van der Waals surface area contributed by atoms with E-state index in [0.29, 0.717) is 17.2 Å². The minimum atomic E-state index is -0.0434. The number of carbonyl (C=O) groups excluding carboxylic acids is 1. The maximum atomic E-state index is 11.8. The molecule has 1 amide bonds. The van der Waals surface area contributed by atoms with Crippen molar-refractivity contribution in [2.75, 3.05) is 21.3 Å². The number of hydrogen-bond acceptors (Lipinski definition) is 4. The molecule has 0 saturated carbocycles. The topological polar surface area (TPSA) is 56.8 Å². The van der Waals surface area contributed by atoms with Gasteiger partial charge in [-0.15, -0.1) is 0 Å². The maximum absolute atomic E-state index is 11.8. The van der Waals surface area contributed by atoms with Crippen LogP contribution in [0.15, 0.2) is 24.3 Å². The van der Waals surface area contributed by atoms with Gasteiger partial charge in [0.05, 0.1) is 27.4 Å². The highest BCUT2D eigenvalue weighted by atomic mass is 16.5. The summed E-state index contributed by atoms with van der Waals surface area (Å²) < 4.78 is 16.8. The highest BCUT2D eigenvalue weighted by Crippen LogP contribution is 2.49. The molecule has 1 aliphatic carbocycles. The number of carbonyl (C=O) groups is 1. The first-order valence-electron chi connectivity index (χ1n) is 9.26. The molecule has 0 spiro atoms. The highest BCUT2D eigenvalue weighted by Gasteiger charge is 2.28. The van der Waals surface area contributed by atoms with Crippen molar-refractivity contribution in [2.24, 2.45) is 0 Å². The van der Waals surface area contributed by atoms with Gasteiger partial charge >= 0.3 is 0 Å². The molecule has 0 aromatic heterocycles. The average Bonchev–Trinajstić information content (AvgIpc) is 2.82. The minimum absolute atomic E-state index is 0.0269. The van der Waals surface area contributed by atoms with E-state index in [1.807, 2.05) is 6.07 Å². The molecule has 1 N–H and O–H groups in total. The van der Waals surface area contributed by atoms with E-state index >= 15 is 0 Å². The van der Waals surface area contributed by atoms with E-state index in [4.69, 9.17) is 14.2 Å². The second-order valence-electron chi connectivity index (χ2n) is 6.74. The van der Waals surface area contributed by atoms with Gasteiger partial charge in [-0.2, -0.15) is 0 Å². The lowest BCUT2D eigenvalue weighted by atomic mass is 9.92. The normalized spacial score (nSPS) is 15.2. The number of fused-ring (bicyclic) bond motifs is 3. The number of rotatable bonds is 5. The zero-order valence-electron chi connectivity index (χ0n) is 16.6. The molecule has 5 heteroatoms. The van der Waals surface area contributed by atoms with Gasteiger partial charge in [0.15, 0.2) is 11.5 Å². The molecule has 144 valence electrons. The third-order valence-electron chi connectivity index (χ3n) is 5.18. The van der Waals surface area contributed by atoms with Gasteiger partial charge in [0.1, 0.15) is 0 Å². The number of hydrogen-bond donors (Lipinski definition) is 1. The largest absolute Gasteiger partial charge is 0.493 e. The number of methoxy groups -OCH3 is 3. The fourth-order valence-corrected chi connectivity index (χ4v) is 3.91. The second kappa shape index (κ2) is 7.91. The number of ether oxygens (including phenoxy) is 3. The SMILES string of the molecule is CCc1ccc2c(c1)[C@@H](NC(C)=O)CCc1c-2cc(OC)c(OC)c1OC. The molecule has 0 saturated heterocycles. The van der Waals surface area contributed by atoms with Crippen LogP contribution < -0.4 is 19.5 Å². The number of aryl methyl sites for hydroxylation is 1. The molecule has 1 aliphatic rings. The van der Waals surface area contributed by atoms with Crippen LogP contribution in [0.2, 0.25) is 0 Å². The predicted octanol–water partition coefficient (Wildman–Crippen LogP) is 4.07. The Morgan fingerprint density at radius 2 is 1.81 bits per heavy atom. The standard InChI is InChI=1S/C22H27NO4/c1-6-14-7-8-15-17-12-20(25-3)22(27-5)21(26-4)16(17)9-10-19(18(15)11-14)23-13(2)24/h7-8,11-12,19H,6,9-10H2,1-5H3,(H,23,24)/t19-/m0/s1. The fraction of sp³-hybridized carbons (Fsp3) is 0.409. The lowest BCUT2D eigenvalue weighted by molar-refractivity contribution is -0.119. The number of amides is 1. The van der Waals surface area contributed by atoms with Crippen LogP contribution in [0, 0.1) is 0 Å². The maximum Gasteiger partial charge on any atom is 0.217 e. The van der Waals surface area contributed by atoms with Gasteiger partial charge in [-0.05, 0) is 47.6 Å². The highest BCUT2D eigenvalue weighted by molar-refractivity contribution is 5.80. The lowest BCUT2D eigenvalue weighted by Crippen LogP contribution is -2.26. The van der Waals surface area contributed by atoms with Gasteiger partial charge in [-0.3, -0.25) is 4.79 Å². The Kier molecular flexibility index (Phi) is 5.59. The first kappa shape index (κ1) is 19.1. The van der Waals surface area contributed by atoms with Crippen molar-refractivity contribution >= 4 is 5.91 Å². The average molecular weight is 369 g/mol. The summed E-state index contributed by atoms with van der Waals surface area (Å²) in [5.74, 6) is 1.90. The Hall–Kier alpha value is -2.69. The molecule has 2 aromatic carbocycles. The molecule has 5 nitrogen and oxygen atoms in total. The van der Waals surface area contributed by atoms with E-state index in [-0.39, 0.29) is 11.9 Å². The summed E-state index contributed by atoms with van der Waals surface area (Å²) in [4.78, 5) is 11.8. The Balaban J connectivity index is 2.28. The van der Waals surface area contributed by atoms with Crippen molar-refractivity contribution in [1.82, 2.24) is 5.32 Å². The lowest BCUT2D eigenvalue weighted by Gasteiger charge is -2.20. The smallest absolute Gasteiger partial charge is 0.217 e. The summed E-state index contributed by atoms with van der Waals surface area (Å²) in [5, 5.41) is 3.12. The summed E-state index contributed by atoms with van der Waals surface area (Å²) in [6.07, 6.45) is 2.50. The zero-order valence-corrected chi connectivity index (χ0v) is 16.6. The van der Waals surface area contributed by atoms with Crippen molar-refractivity contribution in [3.8, 4) is 28.4 Å². The number of nitrogens with one attached hydrogen (secondary N) is 1. The van der Waals surface area contributed by atoms with Crippen LogP contribution in [0.25, 0.3) is 11.1 Å². The molecule has 0 aliphatic heterocycles. The van der Waals surface area contributed by atoms with E-state index in [2.05, 4.69) is 30.4 Å². The molecule has 0 heterocycles. The first-order chi connectivity index (χ1) is 13.0. The van der Waals surface area contributed by atoms with Gasteiger partial charge in [-0.1, -0.05) is 25.1 Å². The third kappa shape index (κ3) is 3.46. The van der Waals surface area contributed by atoms with Crippen LogP contribution in [0.1, 0.15) is 43.0 Å². The van der Waals surface area contributed by atoms with Crippen LogP contribution in [-0.4, -0.2) is 27.2 Å². The van der Waals surface area contributed by atoms with Crippen LogP contribution in [-0.2, 0) is 17.6 Å². The van der Waals surface area contributed by atoms with Crippen molar-refractivity contribution in [1.29, 1.82) is 0 Å². The zero-order chi connectivity index (χ0) is 19.6. The Bertz CT molecular complexity index is 860. The fourth-order valence-electron chi connectivity index (χ4n) is 3.91. The molecule has 1 atom stereocenters. The third-order valence-corrected chi connectivity index (χ3v) is 5.18. The van der Waals surface area contributed by atoms with Crippen molar-refractivity contribution in [3.05, 3.63) is 41.0 Å². The number of benzene rings is 2. The summed E-state index contributed by atoms with van der Waals surface area (Å²) in [7, 11) is 4.89. The van der Waals surface area contributed by atoms with E-state index < -0.39 is 0 Å². The molecule has 0 radical (unpaired) electrons. The van der Waals surface area contributed by atoms with Crippen molar-refractivity contribution < 1.29 is 19.0 Å². The van der Waals surface area contributed by atoms with Crippen LogP contribution >= 0.6 is 0 Å². The molecule has 0 unspecified atom stereocenters. The Morgan fingerprint density at radius 1 is 1.07 bits per heavy atom. The Morgan fingerprint density at radius 3 is 2.41 bits per heavy atom. The van der Waals surface area contributed by atoms with Crippen LogP contribution in [0.3, 0.4) is 0 Å². The Labute approximate surface area is 160 Å². The summed E-state index contributed by atoms with van der Waals surface area (Å²) >= 11 is 0. The summed E-state index contributed by atoms with van der Waals surface area (Å²) in [6.45, 7) is 3.70. The molecule has 0 bridgehead atoms. The quantitative estimate of drug-likeness (QED) is 0.863. The van der Waals surface area contributed by atoms with Crippen LogP contribution in [0.5, 0.6) is 17.2 Å². The van der Waals surface area contributed by atoms with E-state index in [1.54, 1.807) is 28.3 Å². The summed E-state index contributed by atoms with van der Waals surface area (Å²) in [5.41, 5.74) is 5.62. The van der Waals surface area contributed by atoms with Crippen LogP contribution in [0.4, 0.5) is 0 Å².